The zero-order chi connectivity index (χ0) is 43.6. The normalized spacial score (nSPS) is 19.7. The number of carbonyl (C=O) groups excluding carboxylic acids is 5. The maximum atomic E-state index is 13.1. The molecule has 15 nitrogen and oxygen atoms in total. The Morgan fingerprint density at radius 3 is 2.52 bits per heavy atom. The molecule has 4 aliphatic heterocycles. The second-order valence-electron chi connectivity index (χ2n) is 17.5. The van der Waals surface area contributed by atoms with Crippen LogP contribution >= 0.6 is 11.8 Å². The molecule has 2 saturated heterocycles. The average molecular weight is 857 g/mol. The van der Waals surface area contributed by atoms with Crippen LogP contribution in [0.15, 0.2) is 89.2 Å². The summed E-state index contributed by atoms with van der Waals surface area (Å²) in [5, 5.41) is 9.08. The van der Waals surface area contributed by atoms with Gasteiger partial charge in [-0.1, -0.05) is 56.0 Å². The van der Waals surface area contributed by atoms with Crippen LogP contribution in [0.5, 0.6) is 0 Å². The number of carbonyl (C=O) groups is 5. The number of imide groups is 1. The van der Waals surface area contributed by atoms with Gasteiger partial charge in [0, 0.05) is 92.0 Å². The highest BCUT2D eigenvalue weighted by atomic mass is 32.2. The van der Waals surface area contributed by atoms with Crippen molar-refractivity contribution in [1.82, 2.24) is 35.4 Å². The fourth-order valence-corrected chi connectivity index (χ4v) is 9.38. The zero-order valence-corrected chi connectivity index (χ0v) is 36.1. The highest BCUT2D eigenvalue weighted by Crippen LogP contribution is 2.38. The van der Waals surface area contributed by atoms with E-state index in [9.17, 15) is 24.0 Å². The van der Waals surface area contributed by atoms with Crippen LogP contribution in [0.4, 0.5) is 11.5 Å². The molecular weight excluding hydrogens is 805 g/mol. The van der Waals surface area contributed by atoms with Gasteiger partial charge >= 0.3 is 0 Å². The van der Waals surface area contributed by atoms with Crippen molar-refractivity contribution < 1.29 is 24.0 Å². The second-order valence-corrected chi connectivity index (χ2v) is 18.6. The van der Waals surface area contributed by atoms with Crippen LogP contribution in [0.25, 0.3) is 5.57 Å². The molecular formula is C46H52N10O5S. The minimum Gasteiger partial charge on any atom is -0.355 e. The Kier molecular flexibility index (Phi) is 12.3. The molecule has 0 radical (unpaired) electrons. The van der Waals surface area contributed by atoms with Gasteiger partial charge < -0.3 is 26.2 Å². The molecule has 4 aliphatic rings. The number of fused-ring (bicyclic) bond motifs is 1. The van der Waals surface area contributed by atoms with Gasteiger partial charge in [0.2, 0.25) is 17.7 Å². The van der Waals surface area contributed by atoms with Gasteiger partial charge in [-0.15, -0.1) is 0 Å². The molecule has 62 heavy (non-hydrogen) atoms. The number of nitrogens with two attached hydrogens (primary N) is 1. The molecule has 0 spiro atoms. The van der Waals surface area contributed by atoms with E-state index in [1.807, 2.05) is 42.6 Å². The first-order chi connectivity index (χ1) is 29.7. The number of hydrogen-bond donors (Lipinski definition) is 4. The van der Waals surface area contributed by atoms with E-state index >= 15 is 0 Å². The Labute approximate surface area is 365 Å². The molecule has 1 unspecified atom stereocenters. The lowest BCUT2D eigenvalue weighted by Crippen LogP contribution is -2.52. The third kappa shape index (κ3) is 9.88. The molecule has 0 saturated carbocycles. The van der Waals surface area contributed by atoms with Crippen molar-refractivity contribution in [2.75, 3.05) is 42.9 Å². The maximum absolute atomic E-state index is 13.1. The Morgan fingerprint density at radius 1 is 0.968 bits per heavy atom. The van der Waals surface area contributed by atoms with Gasteiger partial charge in [-0.3, -0.25) is 39.2 Å². The predicted octanol–water partition coefficient (Wildman–Crippen LogP) is 4.79. The van der Waals surface area contributed by atoms with Crippen molar-refractivity contribution >= 4 is 58.4 Å². The minimum absolute atomic E-state index is 0.0558. The number of pyridine rings is 1. The molecule has 0 aliphatic carbocycles. The van der Waals surface area contributed by atoms with Crippen LogP contribution in [-0.4, -0.2) is 98.6 Å². The van der Waals surface area contributed by atoms with Gasteiger partial charge in [-0.25, -0.2) is 9.97 Å². The lowest BCUT2D eigenvalue weighted by Gasteiger charge is -2.38. The van der Waals surface area contributed by atoms with Crippen molar-refractivity contribution in [3.05, 3.63) is 107 Å². The summed E-state index contributed by atoms with van der Waals surface area (Å²) in [6.07, 6.45) is 10.2. The monoisotopic (exact) mass is 856 g/mol. The molecule has 0 bridgehead atoms. The average Bonchev–Trinajstić information content (AvgIpc) is 3.57. The number of rotatable bonds is 12. The summed E-state index contributed by atoms with van der Waals surface area (Å²) >= 11 is 1.50. The van der Waals surface area contributed by atoms with Crippen molar-refractivity contribution in [3.8, 4) is 0 Å². The number of amides is 5. The van der Waals surface area contributed by atoms with Gasteiger partial charge in [0.15, 0.2) is 0 Å². The molecule has 4 aromatic rings. The van der Waals surface area contributed by atoms with Crippen molar-refractivity contribution in [2.24, 2.45) is 11.1 Å². The first-order valence-electron chi connectivity index (χ1n) is 21.1. The second kappa shape index (κ2) is 17.8. The van der Waals surface area contributed by atoms with E-state index in [1.54, 1.807) is 30.6 Å². The third-order valence-corrected chi connectivity index (χ3v) is 13.0. The number of hydrogen-bond acceptors (Lipinski definition) is 12. The number of aromatic nitrogens is 3. The van der Waals surface area contributed by atoms with Crippen molar-refractivity contribution in [3.63, 3.8) is 0 Å². The minimum atomic E-state index is -0.681. The summed E-state index contributed by atoms with van der Waals surface area (Å²) in [4.78, 5) is 84.0. The summed E-state index contributed by atoms with van der Waals surface area (Å²) in [5.41, 5.74) is 11.1. The Bertz CT molecular complexity index is 2410. The van der Waals surface area contributed by atoms with Crippen LogP contribution in [0.2, 0.25) is 0 Å². The summed E-state index contributed by atoms with van der Waals surface area (Å²) in [6.45, 7) is 10.7. The summed E-state index contributed by atoms with van der Waals surface area (Å²) in [6, 6.07) is 16.1. The first kappa shape index (κ1) is 42.7. The highest BCUT2D eigenvalue weighted by molar-refractivity contribution is 7.99. The maximum Gasteiger partial charge on any atom is 0.270 e. The standard InChI is InChI=1S/C46H52N10O5S/c1-45(2)28-54(18-14-40(58)52-32-5-4-6-33(22-32)62-41-26-49-38(25-50-41)55-19-15-46(3,47)16-20-55)17-13-35(45)30-8-10-36(48-24-30)42(59)51-23-29-7-9-34-31(21-29)27-56(44(34)61)37-11-12-39(57)53-43(37)60/h4-10,13,21-22,24-26,37H,11-12,14-20,23,27-28,47H2,1-3H3,(H,51,59)(H,52,58)(H,53,57,60). The Balaban J connectivity index is 0.791. The molecule has 5 amide bonds. The topological polar surface area (TPSA) is 196 Å². The number of nitrogens with one attached hydrogen (secondary N) is 3. The van der Waals surface area contributed by atoms with Gasteiger partial charge in [0.25, 0.3) is 11.8 Å². The van der Waals surface area contributed by atoms with Crippen LogP contribution in [0.3, 0.4) is 0 Å². The summed E-state index contributed by atoms with van der Waals surface area (Å²) in [5.74, 6) is -0.531. The largest absolute Gasteiger partial charge is 0.355 e. The van der Waals surface area contributed by atoms with Crippen LogP contribution < -0.4 is 26.6 Å². The number of nitrogens with zero attached hydrogens (tertiary/aromatic N) is 6. The Morgan fingerprint density at radius 2 is 1.79 bits per heavy atom. The van der Waals surface area contributed by atoms with E-state index in [0.717, 1.165) is 76.2 Å². The number of benzene rings is 2. The summed E-state index contributed by atoms with van der Waals surface area (Å²) < 4.78 is 0. The molecule has 2 aromatic carbocycles. The molecule has 1 atom stereocenters. The molecule has 2 aromatic heterocycles. The van der Waals surface area contributed by atoms with Gasteiger partial charge in [0.05, 0.1) is 12.4 Å². The van der Waals surface area contributed by atoms with Gasteiger partial charge in [-0.05, 0) is 78.8 Å². The highest BCUT2D eigenvalue weighted by Gasteiger charge is 2.39. The third-order valence-electron chi connectivity index (χ3n) is 12.1. The van der Waals surface area contributed by atoms with E-state index in [0.29, 0.717) is 31.5 Å². The van der Waals surface area contributed by atoms with Gasteiger partial charge in [0.1, 0.15) is 22.6 Å². The summed E-state index contributed by atoms with van der Waals surface area (Å²) in [7, 11) is 0. The first-order valence-corrected chi connectivity index (χ1v) is 21.9. The van der Waals surface area contributed by atoms with Crippen molar-refractivity contribution in [2.45, 2.75) is 87.5 Å². The quantitative estimate of drug-likeness (QED) is 0.143. The number of piperidine rings is 2. The van der Waals surface area contributed by atoms with Crippen LogP contribution in [-0.2, 0) is 27.5 Å². The molecule has 8 rings (SSSR count). The molecule has 322 valence electrons. The molecule has 16 heteroatoms. The van der Waals surface area contributed by atoms with E-state index in [2.05, 4.69) is 67.5 Å². The van der Waals surface area contributed by atoms with Crippen molar-refractivity contribution in [1.29, 1.82) is 0 Å². The van der Waals surface area contributed by atoms with E-state index in [4.69, 9.17) is 5.73 Å². The van der Waals surface area contributed by atoms with E-state index in [-0.39, 0.29) is 59.8 Å². The van der Waals surface area contributed by atoms with E-state index < -0.39 is 11.9 Å². The van der Waals surface area contributed by atoms with Crippen LogP contribution in [0, 0.1) is 5.41 Å². The zero-order valence-electron chi connectivity index (χ0n) is 35.3. The van der Waals surface area contributed by atoms with Crippen LogP contribution in [0.1, 0.15) is 90.4 Å². The predicted molar refractivity (Wildman–Crippen MR) is 236 cm³/mol. The fourth-order valence-electron chi connectivity index (χ4n) is 8.60. The lowest BCUT2D eigenvalue weighted by molar-refractivity contribution is -0.137. The van der Waals surface area contributed by atoms with E-state index in [1.165, 1.54) is 16.7 Å². The SMILES string of the molecule is CC1(N)CCN(c2cnc(Sc3cccc(NC(=O)CCN4CC=C(c5ccc(C(=O)NCc6ccc7c(c6)CN(C6CCC(=O)NC6=O)C7=O)nc5)C(C)(C)C4)c3)cn2)CC1. The fraction of sp³-hybridized carbons (Fsp3) is 0.391. The van der Waals surface area contributed by atoms with Gasteiger partial charge in [-0.2, -0.15) is 0 Å². The lowest BCUT2D eigenvalue weighted by atomic mass is 9.78. The smallest absolute Gasteiger partial charge is 0.270 e. The molecule has 2 fully saturated rings. The molecule has 5 N–H and O–H groups in total. The molecule has 6 heterocycles. The number of anilines is 2. The Hall–Kier alpha value is -5.97.